The Morgan fingerprint density at radius 3 is 2.50 bits per heavy atom. The molecule has 134 valence electrons. The van der Waals surface area contributed by atoms with Crippen LogP contribution in [0.4, 0.5) is 0 Å². The summed E-state index contributed by atoms with van der Waals surface area (Å²) in [6.07, 6.45) is 0.511. The molecule has 0 aliphatic carbocycles. The molecule has 0 saturated carbocycles. The lowest BCUT2D eigenvalue weighted by atomic mass is 10.0. The summed E-state index contributed by atoms with van der Waals surface area (Å²) in [6.45, 7) is 5.95. The van der Waals surface area contributed by atoms with Crippen molar-refractivity contribution < 1.29 is 4.79 Å². The Labute approximate surface area is 160 Å². The first kappa shape index (κ1) is 18.6. The third-order valence-corrected chi connectivity index (χ3v) is 5.06. The number of fused-ring (bicyclic) bond motifs is 1. The molecule has 3 rings (SSSR count). The van der Waals surface area contributed by atoms with Crippen molar-refractivity contribution in [1.29, 1.82) is 0 Å². The van der Waals surface area contributed by atoms with Gasteiger partial charge in [0.05, 0.1) is 0 Å². The third-order valence-electron chi connectivity index (χ3n) is 4.73. The Morgan fingerprint density at radius 1 is 1.00 bits per heavy atom. The molecule has 0 heterocycles. The number of nitrogens with zero attached hydrogens (tertiary/aromatic N) is 1. The first-order valence-corrected chi connectivity index (χ1v) is 9.42. The molecule has 0 amide bonds. The average Bonchev–Trinajstić information content (AvgIpc) is 2.65. The Hall–Kier alpha value is -2.16. The molecule has 0 aliphatic heterocycles. The van der Waals surface area contributed by atoms with E-state index >= 15 is 0 Å². The van der Waals surface area contributed by atoms with Crippen LogP contribution in [0, 0.1) is 0 Å². The van der Waals surface area contributed by atoms with Crippen LogP contribution in [0.25, 0.3) is 10.8 Å². The van der Waals surface area contributed by atoms with Crippen molar-refractivity contribution in [2.45, 2.75) is 32.9 Å². The van der Waals surface area contributed by atoms with Gasteiger partial charge in [-0.1, -0.05) is 66.2 Å². The number of hydrogen-bond donors (Lipinski definition) is 0. The normalized spacial score (nSPS) is 11.4. The lowest BCUT2D eigenvalue weighted by Crippen LogP contribution is -2.32. The van der Waals surface area contributed by atoms with Crippen molar-refractivity contribution in [3.8, 4) is 0 Å². The van der Waals surface area contributed by atoms with Gasteiger partial charge < -0.3 is 0 Å². The fourth-order valence-corrected chi connectivity index (χ4v) is 3.39. The van der Waals surface area contributed by atoms with Crippen LogP contribution >= 0.6 is 11.6 Å². The number of rotatable bonds is 7. The van der Waals surface area contributed by atoms with Gasteiger partial charge in [0.15, 0.2) is 5.78 Å². The predicted molar refractivity (Wildman–Crippen MR) is 110 cm³/mol. The van der Waals surface area contributed by atoms with Gasteiger partial charge in [-0.3, -0.25) is 9.69 Å². The quantitative estimate of drug-likeness (QED) is 0.480. The van der Waals surface area contributed by atoms with Crippen molar-refractivity contribution in [1.82, 2.24) is 4.90 Å². The summed E-state index contributed by atoms with van der Waals surface area (Å²) >= 11 is 6.21. The van der Waals surface area contributed by atoms with Crippen molar-refractivity contribution in [2.24, 2.45) is 0 Å². The van der Waals surface area contributed by atoms with Crippen LogP contribution < -0.4 is 0 Å². The fourth-order valence-electron chi connectivity index (χ4n) is 3.14. The number of benzene rings is 3. The van der Waals surface area contributed by atoms with Gasteiger partial charge in [0.1, 0.15) is 0 Å². The molecule has 0 N–H and O–H groups in total. The number of carbonyl (C=O) groups excluding carboxylic acids is 1. The van der Waals surface area contributed by atoms with Gasteiger partial charge >= 0.3 is 0 Å². The predicted octanol–water partition coefficient (Wildman–Crippen LogP) is 5.98. The smallest absolute Gasteiger partial charge is 0.164 e. The Balaban J connectivity index is 1.68. The highest BCUT2D eigenvalue weighted by atomic mass is 35.5. The molecule has 0 spiro atoms. The van der Waals surface area contributed by atoms with Crippen LogP contribution in [0.15, 0.2) is 66.7 Å². The molecule has 3 aromatic rings. The number of hydrogen-bond acceptors (Lipinski definition) is 2. The minimum Gasteiger partial charge on any atom is -0.296 e. The van der Waals surface area contributed by atoms with Crippen molar-refractivity contribution >= 4 is 28.2 Å². The molecule has 3 heteroatoms. The van der Waals surface area contributed by atoms with E-state index in [0.29, 0.717) is 12.5 Å². The summed E-state index contributed by atoms with van der Waals surface area (Å²) in [5, 5.41) is 2.71. The second-order valence-electron chi connectivity index (χ2n) is 6.90. The topological polar surface area (TPSA) is 20.3 Å². The van der Waals surface area contributed by atoms with E-state index in [1.165, 1.54) is 5.56 Å². The van der Waals surface area contributed by atoms with Crippen molar-refractivity contribution in [3.63, 3.8) is 0 Å². The molecule has 26 heavy (non-hydrogen) atoms. The number of halogens is 1. The van der Waals surface area contributed by atoms with Crippen LogP contribution in [0.1, 0.15) is 36.2 Å². The standard InChI is InChI=1S/C23H24ClNO/c1-17(2)25(16-18-7-4-3-5-8-18)14-13-23(26)20-11-12-21-19(15-20)9-6-10-22(21)24/h3-12,15,17H,13-14,16H2,1-2H3. The lowest BCUT2D eigenvalue weighted by molar-refractivity contribution is 0.0952. The molecule has 0 radical (unpaired) electrons. The summed E-state index contributed by atoms with van der Waals surface area (Å²) in [4.78, 5) is 15.0. The van der Waals surface area contributed by atoms with E-state index in [1.807, 2.05) is 42.5 Å². The van der Waals surface area contributed by atoms with E-state index in [2.05, 4.69) is 43.0 Å². The zero-order chi connectivity index (χ0) is 18.5. The first-order chi connectivity index (χ1) is 12.5. The van der Waals surface area contributed by atoms with Gasteiger partial charge in [0.25, 0.3) is 0 Å². The monoisotopic (exact) mass is 365 g/mol. The van der Waals surface area contributed by atoms with Crippen LogP contribution in [0.2, 0.25) is 5.02 Å². The maximum Gasteiger partial charge on any atom is 0.164 e. The minimum absolute atomic E-state index is 0.172. The van der Waals surface area contributed by atoms with Crippen LogP contribution in [0.3, 0.4) is 0 Å². The second-order valence-corrected chi connectivity index (χ2v) is 7.31. The van der Waals surface area contributed by atoms with E-state index in [-0.39, 0.29) is 5.78 Å². The highest BCUT2D eigenvalue weighted by Crippen LogP contribution is 2.24. The molecule has 0 saturated heterocycles. The highest BCUT2D eigenvalue weighted by molar-refractivity contribution is 6.35. The summed E-state index contributed by atoms with van der Waals surface area (Å²) in [5.74, 6) is 0.172. The average molecular weight is 366 g/mol. The van der Waals surface area contributed by atoms with Gasteiger partial charge in [-0.2, -0.15) is 0 Å². The fraction of sp³-hybridized carbons (Fsp3) is 0.261. The zero-order valence-corrected chi connectivity index (χ0v) is 16.0. The summed E-state index contributed by atoms with van der Waals surface area (Å²) in [5.41, 5.74) is 2.03. The minimum atomic E-state index is 0.172. The Bertz CT molecular complexity index is 889. The molecule has 0 fully saturated rings. The molecular formula is C23H24ClNO. The molecule has 2 nitrogen and oxygen atoms in total. The van der Waals surface area contributed by atoms with Gasteiger partial charge in [0, 0.05) is 41.5 Å². The summed E-state index contributed by atoms with van der Waals surface area (Å²) in [6, 6.07) is 22.3. The maximum atomic E-state index is 12.7. The van der Waals surface area contributed by atoms with Crippen molar-refractivity contribution in [2.75, 3.05) is 6.54 Å². The third kappa shape index (κ3) is 4.51. The van der Waals surface area contributed by atoms with Crippen LogP contribution in [-0.2, 0) is 6.54 Å². The van der Waals surface area contributed by atoms with Gasteiger partial charge in [-0.25, -0.2) is 0 Å². The van der Waals surface area contributed by atoms with Crippen molar-refractivity contribution in [3.05, 3.63) is 82.9 Å². The number of carbonyl (C=O) groups is 1. The van der Waals surface area contributed by atoms with E-state index in [9.17, 15) is 4.79 Å². The van der Waals surface area contributed by atoms with Gasteiger partial charge in [-0.05, 0) is 36.9 Å². The lowest BCUT2D eigenvalue weighted by Gasteiger charge is -2.26. The summed E-state index contributed by atoms with van der Waals surface area (Å²) in [7, 11) is 0. The Kier molecular flexibility index (Phi) is 6.08. The van der Waals surface area contributed by atoms with E-state index in [0.717, 1.165) is 34.4 Å². The molecule has 0 aromatic heterocycles. The first-order valence-electron chi connectivity index (χ1n) is 9.04. The Morgan fingerprint density at radius 2 is 1.77 bits per heavy atom. The number of Topliss-reactive ketones (excluding diaryl/α,β-unsaturated/α-hetero) is 1. The largest absolute Gasteiger partial charge is 0.296 e. The van der Waals surface area contributed by atoms with E-state index in [4.69, 9.17) is 11.6 Å². The second kappa shape index (κ2) is 8.48. The van der Waals surface area contributed by atoms with Crippen LogP contribution in [-0.4, -0.2) is 23.3 Å². The molecular weight excluding hydrogens is 342 g/mol. The van der Waals surface area contributed by atoms with Gasteiger partial charge in [-0.15, -0.1) is 0 Å². The SMILES string of the molecule is CC(C)N(CCC(=O)c1ccc2c(Cl)cccc2c1)Cc1ccccc1. The van der Waals surface area contributed by atoms with Gasteiger partial charge in [0.2, 0.25) is 0 Å². The molecule has 0 aliphatic rings. The van der Waals surface area contributed by atoms with Crippen LogP contribution in [0.5, 0.6) is 0 Å². The number of ketones is 1. The maximum absolute atomic E-state index is 12.7. The molecule has 0 atom stereocenters. The molecule has 3 aromatic carbocycles. The van der Waals surface area contributed by atoms with E-state index in [1.54, 1.807) is 0 Å². The summed E-state index contributed by atoms with van der Waals surface area (Å²) < 4.78 is 0. The zero-order valence-electron chi connectivity index (χ0n) is 15.3. The highest BCUT2D eigenvalue weighted by Gasteiger charge is 2.14. The van der Waals surface area contributed by atoms with E-state index < -0.39 is 0 Å². The molecule has 0 unspecified atom stereocenters. The molecule has 0 bridgehead atoms.